The zero-order chi connectivity index (χ0) is 13.8. The zero-order valence-electron chi connectivity index (χ0n) is 10.6. The second kappa shape index (κ2) is 6.11. The molecule has 1 aromatic rings. The van der Waals surface area contributed by atoms with Gasteiger partial charge in [0.05, 0.1) is 0 Å². The highest BCUT2D eigenvalue weighted by atomic mass is 32.2. The lowest BCUT2D eigenvalue weighted by molar-refractivity contribution is 0.553. The van der Waals surface area contributed by atoms with Crippen molar-refractivity contribution in [2.24, 2.45) is 0 Å². The Hall–Kier alpha value is -1.20. The zero-order valence-corrected chi connectivity index (χ0v) is 11.4. The van der Waals surface area contributed by atoms with Gasteiger partial charge in [-0.15, -0.1) is 6.58 Å². The monoisotopic (exact) mass is 271 g/mol. The molecule has 0 heterocycles. The lowest BCUT2D eigenvalue weighted by atomic mass is 10.1. The molecule has 18 heavy (non-hydrogen) atoms. The van der Waals surface area contributed by atoms with Gasteiger partial charge in [-0.3, -0.25) is 0 Å². The van der Waals surface area contributed by atoms with Gasteiger partial charge in [0.25, 0.3) is 0 Å². The second-order valence-corrected chi connectivity index (χ2v) is 6.20. The van der Waals surface area contributed by atoms with Crippen LogP contribution in [0.15, 0.2) is 35.7 Å². The average molecular weight is 271 g/mol. The van der Waals surface area contributed by atoms with Crippen LogP contribution in [0.4, 0.5) is 4.39 Å². The summed E-state index contributed by atoms with van der Waals surface area (Å²) in [4.78, 5) is -0.260. The molecule has 1 rings (SSSR count). The number of halogens is 1. The van der Waals surface area contributed by atoms with Crippen LogP contribution in [0, 0.1) is 5.82 Å². The molecule has 0 amide bonds. The highest BCUT2D eigenvalue weighted by Gasteiger charge is 2.15. The number of hydrogen-bond acceptors (Lipinski definition) is 3. The molecule has 0 bridgehead atoms. The first-order chi connectivity index (χ1) is 8.36. The largest absolute Gasteiger partial charge is 0.310 e. The highest BCUT2D eigenvalue weighted by Crippen LogP contribution is 2.20. The molecule has 0 radical (unpaired) electrons. The average Bonchev–Trinajstić information content (AvgIpc) is 2.27. The molecule has 3 nitrogen and oxygen atoms in total. The first-order valence-corrected chi connectivity index (χ1v) is 7.59. The Morgan fingerprint density at radius 2 is 2.17 bits per heavy atom. The lowest BCUT2D eigenvalue weighted by Gasteiger charge is -2.14. The van der Waals surface area contributed by atoms with Crippen molar-refractivity contribution in [2.45, 2.75) is 24.3 Å². The molecule has 0 aliphatic heterocycles. The molecule has 1 unspecified atom stereocenters. The quantitative estimate of drug-likeness (QED) is 0.638. The van der Waals surface area contributed by atoms with Gasteiger partial charge in [0.2, 0.25) is 0 Å². The lowest BCUT2D eigenvalue weighted by Crippen LogP contribution is -2.19. The van der Waals surface area contributed by atoms with E-state index in [0.29, 0.717) is 0 Å². The number of sulfone groups is 1. The first kappa shape index (κ1) is 14.9. The van der Waals surface area contributed by atoms with Gasteiger partial charge in [-0.1, -0.05) is 12.1 Å². The summed E-state index contributed by atoms with van der Waals surface area (Å²) in [7, 11) is -3.51. The summed E-state index contributed by atoms with van der Waals surface area (Å²) in [6, 6.07) is 4.17. The van der Waals surface area contributed by atoms with Crippen molar-refractivity contribution in [1.82, 2.24) is 5.32 Å². The summed E-state index contributed by atoms with van der Waals surface area (Å²) >= 11 is 0. The van der Waals surface area contributed by atoms with Gasteiger partial charge in [-0.25, -0.2) is 12.8 Å². The Kier molecular flexibility index (Phi) is 5.04. The normalized spacial score (nSPS) is 13.3. The minimum atomic E-state index is -3.51. The maximum atomic E-state index is 13.7. The maximum absolute atomic E-state index is 13.7. The molecule has 0 aliphatic carbocycles. The van der Waals surface area contributed by atoms with Gasteiger partial charge in [-0.05, 0) is 37.6 Å². The molecule has 1 aromatic carbocycles. The fourth-order valence-electron chi connectivity index (χ4n) is 1.61. The van der Waals surface area contributed by atoms with Crippen molar-refractivity contribution in [3.63, 3.8) is 0 Å². The fourth-order valence-corrected chi connectivity index (χ4v) is 2.34. The topological polar surface area (TPSA) is 46.2 Å². The van der Waals surface area contributed by atoms with Crippen LogP contribution in [0.3, 0.4) is 0 Å². The fraction of sp³-hybridized carbons (Fsp3) is 0.385. The molecule has 0 saturated carbocycles. The van der Waals surface area contributed by atoms with E-state index in [9.17, 15) is 12.8 Å². The van der Waals surface area contributed by atoms with E-state index in [1.165, 1.54) is 12.1 Å². The predicted molar refractivity (Wildman–Crippen MR) is 70.7 cm³/mol. The van der Waals surface area contributed by atoms with Crippen molar-refractivity contribution >= 4 is 9.84 Å². The van der Waals surface area contributed by atoms with Crippen LogP contribution < -0.4 is 5.32 Å². The van der Waals surface area contributed by atoms with Crippen LogP contribution in [-0.4, -0.2) is 21.2 Å². The Bertz CT molecular complexity index is 526. The molecule has 0 fully saturated rings. The smallest absolute Gasteiger partial charge is 0.178 e. The summed E-state index contributed by atoms with van der Waals surface area (Å²) < 4.78 is 36.2. The van der Waals surface area contributed by atoms with Crippen LogP contribution in [0.2, 0.25) is 0 Å². The van der Waals surface area contributed by atoms with Gasteiger partial charge in [0.1, 0.15) is 10.7 Å². The van der Waals surface area contributed by atoms with E-state index in [-0.39, 0.29) is 10.9 Å². The third-order valence-electron chi connectivity index (χ3n) is 2.65. The highest BCUT2D eigenvalue weighted by molar-refractivity contribution is 7.90. The molecular weight excluding hydrogens is 253 g/mol. The third-order valence-corrected chi connectivity index (χ3v) is 3.78. The summed E-state index contributed by atoms with van der Waals surface area (Å²) in [6.07, 6.45) is 3.62. The first-order valence-electron chi connectivity index (χ1n) is 5.70. The Labute approximate surface area is 108 Å². The molecule has 100 valence electrons. The number of nitrogens with one attached hydrogen (secondary N) is 1. The van der Waals surface area contributed by atoms with Crippen molar-refractivity contribution in [3.05, 3.63) is 42.2 Å². The van der Waals surface area contributed by atoms with Crippen molar-refractivity contribution in [1.29, 1.82) is 0 Å². The minimum Gasteiger partial charge on any atom is -0.310 e. The number of rotatable bonds is 6. The second-order valence-electron chi connectivity index (χ2n) is 4.22. The van der Waals surface area contributed by atoms with Crippen LogP contribution in [0.25, 0.3) is 0 Å². The van der Waals surface area contributed by atoms with Gasteiger partial charge < -0.3 is 5.32 Å². The molecule has 1 atom stereocenters. The van der Waals surface area contributed by atoms with Gasteiger partial charge in [0, 0.05) is 12.3 Å². The van der Waals surface area contributed by atoms with Crippen LogP contribution in [0.1, 0.15) is 24.9 Å². The SMILES string of the molecule is C=CCCNC(C)c1ccc(S(C)(=O)=O)c(F)c1. The molecule has 0 spiro atoms. The van der Waals surface area contributed by atoms with E-state index >= 15 is 0 Å². The van der Waals surface area contributed by atoms with Crippen LogP contribution in [-0.2, 0) is 9.84 Å². The summed E-state index contributed by atoms with van der Waals surface area (Å²) in [6.45, 7) is 6.27. The van der Waals surface area contributed by atoms with Crippen LogP contribution >= 0.6 is 0 Å². The Balaban J connectivity index is 2.87. The number of benzene rings is 1. The van der Waals surface area contributed by atoms with Crippen molar-refractivity contribution < 1.29 is 12.8 Å². The maximum Gasteiger partial charge on any atom is 0.178 e. The van der Waals surface area contributed by atoms with Gasteiger partial charge >= 0.3 is 0 Å². The van der Waals surface area contributed by atoms with Crippen LogP contribution in [0.5, 0.6) is 0 Å². The molecule has 0 saturated heterocycles. The Morgan fingerprint density at radius 3 is 2.67 bits per heavy atom. The van der Waals surface area contributed by atoms with Crippen molar-refractivity contribution in [3.8, 4) is 0 Å². The molecule has 1 N–H and O–H groups in total. The summed E-state index contributed by atoms with van der Waals surface area (Å²) in [5, 5.41) is 3.20. The third kappa shape index (κ3) is 3.92. The predicted octanol–water partition coefficient (Wildman–Crippen LogP) is 2.46. The molecular formula is C13H18FNO2S. The van der Waals surface area contributed by atoms with E-state index < -0.39 is 15.7 Å². The van der Waals surface area contributed by atoms with E-state index in [1.54, 1.807) is 12.1 Å². The molecule has 0 aliphatic rings. The van der Waals surface area contributed by atoms with E-state index in [0.717, 1.165) is 24.8 Å². The standard InChI is InChI=1S/C13H18FNO2S/c1-4-5-8-15-10(2)11-6-7-13(12(14)9-11)18(3,16)17/h4,6-7,9-10,15H,1,5,8H2,2-3H3. The Morgan fingerprint density at radius 1 is 1.50 bits per heavy atom. The summed E-state index contributed by atoms with van der Waals surface area (Å²) in [5.74, 6) is -0.702. The van der Waals surface area contributed by atoms with E-state index in [4.69, 9.17) is 0 Å². The van der Waals surface area contributed by atoms with Gasteiger partial charge in [0.15, 0.2) is 9.84 Å². The van der Waals surface area contributed by atoms with E-state index in [2.05, 4.69) is 11.9 Å². The van der Waals surface area contributed by atoms with E-state index in [1.807, 2.05) is 6.92 Å². The van der Waals surface area contributed by atoms with Gasteiger partial charge in [-0.2, -0.15) is 0 Å². The minimum absolute atomic E-state index is 0.0342. The number of hydrogen-bond donors (Lipinski definition) is 1. The van der Waals surface area contributed by atoms with Crippen molar-refractivity contribution in [2.75, 3.05) is 12.8 Å². The molecule has 5 heteroatoms. The summed E-state index contributed by atoms with van der Waals surface area (Å²) in [5.41, 5.74) is 0.726. The molecule has 0 aromatic heterocycles.